The maximum Gasteiger partial charge on any atom is 0.310 e. The summed E-state index contributed by atoms with van der Waals surface area (Å²) >= 11 is 0. The van der Waals surface area contributed by atoms with Crippen LogP contribution in [0, 0.1) is 5.92 Å². The van der Waals surface area contributed by atoms with Gasteiger partial charge in [0.25, 0.3) is 5.91 Å². The average Bonchev–Trinajstić information content (AvgIpc) is 2.66. The number of carboxylic acids is 1. The number of ether oxygens (including phenoxy) is 2. The summed E-state index contributed by atoms with van der Waals surface area (Å²) in [5.41, 5.74) is 1.70. The SMILES string of the molecule is COc1cc(C(=O)Nc2ccc(C(C)C(=O)O)cc2)ccc1OCC(C)C. The Balaban J connectivity index is 2.10. The molecule has 0 bridgehead atoms. The van der Waals surface area contributed by atoms with Crippen molar-refractivity contribution in [2.45, 2.75) is 26.7 Å². The third-order valence-electron chi connectivity index (χ3n) is 4.04. The van der Waals surface area contributed by atoms with Crippen LogP contribution in [0.2, 0.25) is 0 Å². The van der Waals surface area contributed by atoms with Gasteiger partial charge in [0.2, 0.25) is 0 Å². The number of carbonyl (C=O) groups is 2. The highest BCUT2D eigenvalue weighted by molar-refractivity contribution is 6.04. The summed E-state index contributed by atoms with van der Waals surface area (Å²) in [6, 6.07) is 11.8. The lowest BCUT2D eigenvalue weighted by molar-refractivity contribution is -0.138. The summed E-state index contributed by atoms with van der Waals surface area (Å²) in [5.74, 6) is -0.313. The number of carbonyl (C=O) groups excluding carboxylic acids is 1. The number of anilines is 1. The van der Waals surface area contributed by atoms with Gasteiger partial charge in [-0.2, -0.15) is 0 Å². The summed E-state index contributed by atoms with van der Waals surface area (Å²) < 4.78 is 11.0. The van der Waals surface area contributed by atoms with Gasteiger partial charge >= 0.3 is 5.97 Å². The molecule has 2 N–H and O–H groups in total. The summed E-state index contributed by atoms with van der Waals surface area (Å²) in [6.45, 7) is 6.28. The molecule has 0 radical (unpaired) electrons. The molecule has 1 atom stereocenters. The van der Waals surface area contributed by atoms with Crippen molar-refractivity contribution in [3.8, 4) is 11.5 Å². The fourth-order valence-electron chi connectivity index (χ4n) is 2.39. The zero-order valence-corrected chi connectivity index (χ0v) is 16.0. The Labute approximate surface area is 159 Å². The number of benzene rings is 2. The highest BCUT2D eigenvalue weighted by Crippen LogP contribution is 2.29. The minimum atomic E-state index is -0.890. The van der Waals surface area contributed by atoms with E-state index in [4.69, 9.17) is 14.6 Å². The Morgan fingerprint density at radius 3 is 2.26 bits per heavy atom. The first-order valence-corrected chi connectivity index (χ1v) is 8.76. The molecule has 27 heavy (non-hydrogen) atoms. The molecule has 0 aliphatic heterocycles. The van der Waals surface area contributed by atoms with Gasteiger partial charge in [-0.25, -0.2) is 0 Å². The summed E-state index contributed by atoms with van der Waals surface area (Å²) in [5, 5.41) is 11.8. The lowest BCUT2D eigenvalue weighted by Gasteiger charge is -2.14. The maximum absolute atomic E-state index is 12.5. The molecule has 1 unspecified atom stereocenters. The van der Waals surface area contributed by atoms with Crippen molar-refractivity contribution in [2.24, 2.45) is 5.92 Å². The number of hydrogen-bond acceptors (Lipinski definition) is 4. The van der Waals surface area contributed by atoms with E-state index in [9.17, 15) is 9.59 Å². The van der Waals surface area contributed by atoms with E-state index < -0.39 is 11.9 Å². The largest absolute Gasteiger partial charge is 0.493 e. The molecule has 0 fully saturated rings. The second kappa shape index (κ2) is 9.07. The molecule has 0 aliphatic carbocycles. The molecule has 6 heteroatoms. The number of carboxylic acid groups (broad SMARTS) is 1. The molecule has 0 heterocycles. The number of aliphatic carboxylic acids is 1. The van der Waals surface area contributed by atoms with Crippen LogP contribution in [-0.2, 0) is 4.79 Å². The molecular formula is C21H25NO5. The summed E-state index contributed by atoms with van der Waals surface area (Å²) in [6.07, 6.45) is 0. The van der Waals surface area contributed by atoms with E-state index in [1.54, 1.807) is 49.4 Å². The molecule has 0 aliphatic rings. The van der Waals surface area contributed by atoms with Crippen LogP contribution in [0.15, 0.2) is 42.5 Å². The van der Waals surface area contributed by atoms with Crippen LogP contribution in [0.5, 0.6) is 11.5 Å². The van der Waals surface area contributed by atoms with Gasteiger partial charge in [-0.3, -0.25) is 9.59 Å². The quantitative estimate of drug-likeness (QED) is 0.727. The predicted molar refractivity (Wildman–Crippen MR) is 104 cm³/mol. The first-order valence-electron chi connectivity index (χ1n) is 8.76. The first kappa shape index (κ1) is 20.3. The highest BCUT2D eigenvalue weighted by Gasteiger charge is 2.15. The van der Waals surface area contributed by atoms with Gasteiger partial charge < -0.3 is 19.9 Å². The number of amides is 1. The monoisotopic (exact) mass is 371 g/mol. The minimum absolute atomic E-state index is 0.289. The zero-order valence-electron chi connectivity index (χ0n) is 16.0. The van der Waals surface area contributed by atoms with Crippen LogP contribution in [0.25, 0.3) is 0 Å². The van der Waals surface area contributed by atoms with E-state index >= 15 is 0 Å². The van der Waals surface area contributed by atoms with Crippen LogP contribution >= 0.6 is 0 Å². The molecule has 0 aromatic heterocycles. The molecule has 2 aromatic carbocycles. The van der Waals surface area contributed by atoms with Gasteiger partial charge in [0, 0.05) is 11.3 Å². The molecule has 144 valence electrons. The number of nitrogens with one attached hydrogen (secondary N) is 1. The Hall–Kier alpha value is -3.02. The minimum Gasteiger partial charge on any atom is -0.493 e. The normalized spacial score (nSPS) is 11.7. The number of methoxy groups -OCH3 is 1. The van der Waals surface area contributed by atoms with E-state index in [1.165, 1.54) is 7.11 Å². The molecule has 0 saturated carbocycles. The topological polar surface area (TPSA) is 84.9 Å². The molecule has 2 aromatic rings. The first-order chi connectivity index (χ1) is 12.8. The van der Waals surface area contributed by atoms with Crippen LogP contribution in [-0.4, -0.2) is 30.7 Å². The summed E-state index contributed by atoms with van der Waals surface area (Å²) in [7, 11) is 1.53. The lowest BCUT2D eigenvalue weighted by atomic mass is 10.0. The second-order valence-electron chi connectivity index (χ2n) is 6.71. The molecule has 6 nitrogen and oxygen atoms in total. The second-order valence-corrected chi connectivity index (χ2v) is 6.71. The molecule has 0 spiro atoms. The Bertz CT molecular complexity index is 799. The molecular weight excluding hydrogens is 346 g/mol. The van der Waals surface area contributed by atoms with Crippen LogP contribution in [0.1, 0.15) is 42.6 Å². The zero-order chi connectivity index (χ0) is 20.0. The van der Waals surface area contributed by atoms with Crippen molar-refractivity contribution in [1.29, 1.82) is 0 Å². The van der Waals surface area contributed by atoms with Crippen molar-refractivity contribution in [3.63, 3.8) is 0 Å². The summed E-state index contributed by atoms with van der Waals surface area (Å²) in [4.78, 5) is 23.5. The van der Waals surface area contributed by atoms with Crippen molar-refractivity contribution in [2.75, 3.05) is 19.0 Å². The molecule has 1 amide bonds. The van der Waals surface area contributed by atoms with Crippen LogP contribution in [0.3, 0.4) is 0 Å². The van der Waals surface area contributed by atoms with Crippen molar-refractivity contribution >= 4 is 17.6 Å². The van der Waals surface area contributed by atoms with Crippen LogP contribution < -0.4 is 14.8 Å². The third kappa shape index (κ3) is 5.48. The van der Waals surface area contributed by atoms with Gasteiger partial charge in [-0.15, -0.1) is 0 Å². The predicted octanol–water partition coefficient (Wildman–Crippen LogP) is 4.17. The van der Waals surface area contributed by atoms with E-state index in [0.29, 0.717) is 40.8 Å². The van der Waals surface area contributed by atoms with Gasteiger partial charge in [0.05, 0.1) is 19.6 Å². The van der Waals surface area contributed by atoms with Gasteiger partial charge in [-0.05, 0) is 48.7 Å². The molecule has 2 rings (SSSR count). The third-order valence-corrected chi connectivity index (χ3v) is 4.04. The number of rotatable bonds is 8. The van der Waals surface area contributed by atoms with Crippen molar-refractivity contribution in [3.05, 3.63) is 53.6 Å². The Morgan fingerprint density at radius 2 is 1.70 bits per heavy atom. The lowest BCUT2D eigenvalue weighted by Crippen LogP contribution is -2.13. The maximum atomic E-state index is 12.5. The van der Waals surface area contributed by atoms with E-state index in [-0.39, 0.29) is 5.91 Å². The van der Waals surface area contributed by atoms with E-state index in [2.05, 4.69) is 19.2 Å². The fourth-order valence-corrected chi connectivity index (χ4v) is 2.39. The van der Waals surface area contributed by atoms with E-state index in [0.717, 1.165) is 0 Å². The number of hydrogen-bond donors (Lipinski definition) is 2. The fraction of sp³-hybridized carbons (Fsp3) is 0.333. The molecule has 0 saturated heterocycles. The Morgan fingerprint density at radius 1 is 1.04 bits per heavy atom. The van der Waals surface area contributed by atoms with Crippen molar-refractivity contribution < 1.29 is 24.2 Å². The van der Waals surface area contributed by atoms with Gasteiger partial charge in [0.15, 0.2) is 11.5 Å². The van der Waals surface area contributed by atoms with Crippen LogP contribution in [0.4, 0.5) is 5.69 Å². The smallest absolute Gasteiger partial charge is 0.310 e. The highest BCUT2D eigenvalue weighted by atomic mass is 16.5. The standard InChI is InChI=1S/C21H25NO5/c1-13(2)12-27-18-10-7-16(11-19(18)26-4)20(23)22-17-8-5-15(6-9-17)14(3)21(24)25/h5-11,13-14H,12H2,1-4H3,(H,22,23)(H,24,25). The average molecular weight is 371 g/mol. The van der Waals surface area contributed by atoms with Gasteiger partial charge in [-0.1, -0.05) is 26.0 Å². The van der Waals surface area contributed by atoms with E-state index in [1.807, 2.05) is 0 Å². The van der Waals surface area contributed by atoms with Crippen molar-refractivity contribution in [1.82, 2.24) is 0 Å². The van der Waals surface area contributed by atoms with Gasteiger partial charge in [0.1, 0.15) is 0 Å². The Kier molecular flexibility index (Phi) is 6.82.